The molecule has 1 N–H and O–H groups in total. The largest absolute Gasteiger partial charge is 0.322 e. The second kappa shape index (κ2) is 7.00. The lowest BCUT2D eigenvalue weighted by Crippen LogP contribution is -2.12. The molecule has 0 saturated heterocycles. The third kappa shape index (κ3) is 3.26. The molecule has 5 heteroatoms. The van der Waals surface area contributed by atoms with Gasteiger partial charge >= 0.3 is 0 Å². The van der Waals surface area contributed by atoms with Crippen LogP contribution in [0, 0.1) is 13.8 Å². The molecule has 0 bridgehead atoms. The van der Waals surface area contributed by atoms with Crippen molar-refractivity contribution in [3.63, 3.8) is 0 Å². The number of benzene rings is 1. The number of fused-ring (bicyclic) bond motifs is 1. The van der Waals surface area contributed by atoms with Crippen molar-refractivity contribution in [2.45, 2.75) is 27.2 Å². The maximum atomic E-state index is 13.1. The maximum Gasteiger partial charge on any atom is 0.267 e. The van der Waals surface area contributed by atoms with Gasteiger partial charge in [-0.1, -0.05) is 19.1 Å². The molecule has 27 heavy (non-hydrogen) atoms. The summed E-state index contributed by atoms with van der Waals surface area (Å²) in [7, 11) is 0. The molecule has 4 rings (SSSR count). The molecule has 0 aliphatic carbocycles. The Labute approximate surface area is 162 Å². The van der Waals surface area contributed by atoms with Gasteiger partial charge in [0.2, 0.25) is 0 Å². The lowest BCUT2D eigenvalue weighted by atomic mass is 10.1. The fourth-order valence-electron chi connectivity index (χ4n) is 3.32. The zero-order chi connectivity index (χ0) is 19.0. The highest BCUT2D eigenvalue weighted by Gasteiger charge is 2.22. The molecular formula is C22H21N3OS. The van der Waals surface area contributed by atoms with E-state index in [1.54, 1.807) is 0 Å². The molecule has 0 aliphatic heterocycles. The molecule has 0 atom stereocenters. The van der Waals surface area contributed by atoms with Crippen LogP contribution in [0.5, 0.6) is 0 Å². The summed E-state index contributed by atoms with van der Waals surface area (Å²) in [5, 5.41) is 4.07. The summed E-state index contributed by atoms with van der Waals surface area (Å²) >= 11 is 1.44. The normalized spacial score (nSPS) is 11.1. The van der Waals surface area contributed by atoms with E-state index in [1.807, 2.05) is 60.3 Å². The van der Waals surface area contributed by atoms with Crippen LogP contribution in [0.3, 0.4) is 0 Å². The van der Waals surface area contributed by atoms with Gasteiger partial charge in [0.15, 0.2) is 0 Å². The van der Waals surface area contributed by atoms with Crippen molar-refractivity contribution >= 4 is 33.1 Å². The number of carbonyl (C=O) groups excluding carboxylic acids is 1. The Kier molecular flexibility index (Phi) is 4.54. The number of carbonyl (C=O) groups is 1. The van der Waals surface area contributed by atoms with Crippen molar-refractivity contribution in [1.82, 2.24) is 9.55 Å². The molecule has 1 aromatic carbocycles. The molecule has 0 unspecified atom stereocenters. The first-order chi connectivity index (χ1) is 13.1. The highest BCUT2D eigenvalue weighted by atomic mass is 32.1. The summed E-state index contributed by atoms with van der Waals surface area (Å²) in [6.45, 7) is 6.17. The lowest BCUT2D eigenvalue weighted by molar-refractivity contribution is 0.103. The third-order valence-corrected chi connectivity index (χ3v) is 5.72. The van der Waals surface area contributed by atoms with Crippen LogP contribution in [0.25, 0.3) is 15.9 Å². The van der Waals surface area contributed by atoms with Gasteiger partial charge in [0, 0.05) is 29.2 Å². The number of nitrogens with one attached hydrogen (secondary N) is 1. The average molecular weight is 375 g/mol. The highest BCUT2D eigenvalue weighted by Crippen LogP contribution is 2.36. The number of hydrogen-bond acceptors (Lipinski definition) is 3. The first-order valence-electron chi connectivity index (χ1n) is 9.01. The molecule has 3 heterocycles. The number of aromatic nitrogens is 2. The van der Waals surface area contributed by atoms with E-state index in [2.05, 4.69) is 30.2 Å². The summed E-state index contributed by atoms with van der Waals surface area (Å²) in [5.41, 5.74) is 5.03. The minimum absolute atomic E-state index is 0.108. The predicted octanol–water partition coefficient (Wildman–Crippen LogP) is 5.52. The Morgan fingerprint density at radius 1 is 1.15 bits per heavy atom. The number of aryl methyl sites for hydroxylation is 3. The fourth-order valence-corrected chi connectivity index (χ4v) is 4.51. The topological polar surface area (TPSA) is 46.9 Å². The summed E-state index contributed by atoms with van der Waals surface area (Å²) < 4.78 is 2.00. The first-order valence-corrected chi connectivity index (χ1v) is 9.83. The first kappa shape index (κ1) is 17.5. The number of nitrogens with zero attached hydrogens (tertiary/aromatic N) is 2. The van der Waals surface area contributed by atoms with Gasteiger partial charge in [-0.05, 0) is 61.7 Å². The van der Waals surface area contributed by atoms with Crippen molar-refractivity contribution in [3.8, 4) is 5.69 Å². The summed E-state index contributed by atoms with van der Waals surface area (Å²) in [4.78, 5) is 19.3. The summed E-state index contributed by atoms with van der Waals surface area (Å²) in [5.74, 6) is -0.108. The second-order valence-electron chi connectivity index (χ2n) is 6.64. The number of hydrogen-bond donors (Lipinski definition) is 1. The summed E-state index contributed by atoms with van der Waals surface area (Å²) in [6.07, 6.45) is 4.91. The van der Waals surface area contributed by atoms with E-state index in [1.165, 1.54) is 16.9 Å². The zero-order valence-corrected chi connectivity index (χ0v) is 16.4. The van der Waals surface area contributed by atoms with Crippen molar-refractivity contribution < 1.29 is 4.79 Å². The molecular weight excluding hydrogens is 354 g/mol. The van der Waals surface area contributed by atoms with E-state index in [-0.39, 0.29) is 5.91 Å². The molecule has 4 aromatic rings. The quantitative estimate of drug-likeness (QED) is 0.510. The van der Waals surface area contributed by atoms with Crippen LogP contribution < -0.4 is 5.32 Å². The number of anilines is 1. The molecule has 0 aliphatic rings. The van der Waals surface area contributed by atoms with Gasteiger partial charge in [0.25, 0.3) is 5.91 Å². The predicted molar refractivity (Wildman–Crippen MR) is 112 cm³/mol. The summed E-state index contributed by atoms with van der Waals surface area (Å²) in [6, 6.07) is 14.0. The average Bonchev–Trinajstić information content (AvgIpc) is 3.29. The van der Waals surface area contributed by atoms with Gasteiger partial charge in [0.1, 0.15) is 9.71 Å². The lowest BCUT2D eigenvalue weighted by Gasteiger charge is -2.09. The van der Waals surface area contributed by atoms with E-state index >= 15 is 0 Å². The van der Waals surface area contributed by atoms with Crippen LogP contribution in [0.4, 0.5) is 5.69 Å². The minimum atomic E-state index is -0.108. The van der Waals surface area contributed by atoms with E-state index in [0.29, 0.717) is 4.88 Å². The van der Waals surface area contributed by atoms with E-state index < -0.39 is 0 Å². The van der Waals surface area contributed by atoms with Crippen LogP contribution in [0.1, 0.15) is 33.4 Å². The number of pyridine rings is 1. The van der Waals surface area contributed by atoms with Crippen LogP contribution >= 0.6 is 11.3 Å². The third-order valence-electron chi connectivity index (χ3n) is 4.65. The smallest absolute Gasteiger partial charge is 0.267 e. The molecule has 136 valence electrons. The molecule has 0 spiro atoms. The molecule has 3 aromatic heterocycles. The monoisotopic (exact) mass is 375 g/mol. The Morgan fingerprint density at radius 3 is 2.52 bits per heavy atom. The number of thiophene rings is 1. The standard InChI is InChI=1S/C22H21N3OS/c1-4-16-7-9-17(10-8-16)24-21(26)20-19(25-11-5-6-12-25)18-14(2)13-15(3)23-22(18)27-20/h5-13H,4H2,1-3H3,(H,24,26). The zero-order valence-electron chi connectivity index (χ0n) is 15.6. The Morgan fingerprint density at radius 2 is 1.85 bits per heavy atom. The van der Waals surface area contributed by atoms with Gasteiger partial charge in [-0.25, -0.2) is 4.98 Å². The molecule has 0 radical (unpaired) electrons. The van der Waals surface area contributed by atoms with E-state index in [4.69, 9.17) is 0 Å². The van der Waals surface area contributed by atoms with Crippen LogP contribution in [0.15, 0.2) is 54.9 Å². The van der Waals surface area contributed by atoms with Crippen LogP contribution in [-0.2, 0) is 6.42 Å². The van der Waals surface area contributed by atoms with Crippen LogP contribution in [-0.4, -0.2) is 15.5 Å². The second-order valence-corrected chi connectivity index (χ2v) is 7.63. The van der Waals surface area contributed by atoms with Gasteiger partial charge < -0.3 is 9.88 Å². The SMILES string of the molecule is CCc1ccc(NC(=O)c2sc3nc(C)cc(C)c3c2-n2cccc2)cc1. The number of amides is 1. The van der Waals surface area contributed by atoms with Gasteiger partial charge in [-0.2, -0.15) is 0 Å². The van der Waals surface area contributed by atoms with Gasteiger partial charge in [-0.3, -0.25) is 4.79 Å². The van der Waals surface area contributed by atoms with Crippen LogP contribution in [0.2, 0.25) is 0 Å². The molecule has 0 fully saturated rings. The Bertz CT molecular complexity index is 1110. The molecule has 0 saturated carbocycles. The molecule has 1 amide bonds. The van der Waals surface area contributed by atoms with Crippen molar-refractivity contribution in [2.24, 2.45) is 0 Å². The van der Waals surface area contributed by atoms with Gasteiger partial charge in [0.05, 0.1) is 5.69 Å². The van der Waals surface area contributed by atoms with E-state index in [0.717, 1.165) is 39.3 Å². The molecule has 4 nitrogen and oxygen atoms in total. The minimum Gasteiger partial charge on any atom is -0.322 e. The number of rotatable bonds is 4. The van der Waals surface area contributed by atoms with Gasteiger partial charge in [-0.15, -0.1) is 11.3 Å². The Hall–Kier alpha value is -2.92. The maximum absolute atomic E-state index is 13.1. The highest BCUT2D eigenvalue weighted by molar-refractivity contribution is 7.21. The van der Waals surface area contributed by atoms with Crippen molar-refractivity contribution in [2.75, 3.05) is 5.32 Å². The fraction of sp³-hybridized carbons (Fsp3) is 0.182. The van der Waals surface area contributed by atoms with Crippen molar-refractivity contribution in [3.05, 3.63) is 76.6 Å². The van der Waals surface area contributed by atoms with E-state index in [9.17, 15) is 4.79 Å². The van der Waals surface area contributed by atoms with Crippen molar-refractivity contribution in [1.29, 1.82) is 0 Å². The Balaban J connectivity index is 1.81.